The van der Waals surface area contributed by atoms with Crippen LogP contribution in [0.4, 0.5) is 5.69 Å². The summed E-state index contributed by atoms with van der Waals surface area (Å²) in [6.45, 7) is 0. The molecule has 0 aromatic carbocycles. The number of H-pyrrole nitrogens is 1. The Hall–Kier alpha value is -1.25. The van der Waals surface area contributed by atoms with Gasteiger partial charge in [0.25, 0.3) is 5.56 Å². The maximum absolute atomic E-state index is 10.7. The van der Waals surface area contributed by atoms with E-state index >= 15 is 0 Å². The zero-order valence-corrected chi connectivity index (χ0v) is 5.14. The maximum Gasteiger partial charge on any atom is 0.271 e. The Labute approximate surface area is 52.7 Å². The van der Waals surface area contributed by atoms with Gasteiger partial charge in [0, 0.05) is 13.2 Å². The summed E-state index contributed by atoms with van der Waals surface area (Å²) in [5.74, 6) is 0. The van der Waals surface area contributed by atoms with Crippen LogP contribution in [0.1, 0.15) is 0 Å². The molecule has 1 rings (SSSR count). The first-order valence-electron chi connectivity index (χ1n) is 2.70. The zero-order chi connectivity index (χ0) is 6.69. The van der Waals surface area contributed by atoms with Crippen molar-refractivity contribution >= 4 is 5.69 Å². The molecule has 0 aliphatic heterocycles. The van der Waals surface area contributed by atoms with E-state index in [2.05, 4.69) is 10.3 Å². The van der Waals surface area contributed by atoms with Crippen LogP contribution in [-0.4, -0.2) is 12.0 Å². The second kappa shape index (κ2) is 2.35. The number of pyridine rings is 1. The summed E-state index contributed by atoms with van der Waals surface area (Å²) >= 11 is 0. The van der Waals surface area contributed by atoms with Gasteiger partial charge in [-0.2, -0.15) is 0 Å². The molecule has 3 heteroatoms. The maximum atomic E-state index is 10.7. The normalized spacial score (nSPS) is 9.00. The van der Waals surface area contributed by atoms with Crippen LogP contribution in [0.5, 0.6) is 0 Å². The second-order valence-electron chi connectivity index (χ2n) is 1.66. The van der Waals surface area contributed by atoms with Gasteiger partial charge in [0.15, 0.2) is 0 Å². The highest BCUT2D eigenvalue weighted by atomic mass is 16.1. The van der Waals surface area contributed by atoms with Gasteiger partial charge in [-0.15, -0.1) is 0 Å². The van der Waals surface area contributed by atoms with E-state index < -0.39 is 0 Å². The molecular weight excluding hydrogens is 116 g/mol. The Morgan fingerprint density at radius 3 is 2.89 bits per heavy atom. The monoisotopic (exact) mass is 124 g/mol. The molecule has 0 saturated heterocycles. The van der Waals surface area contributed by atoms with Crippen LogP contribution < -0.4 is 10.9 Å². The molecule has 0 saturated carbocycles. The van der Waals surface area contributed by atoms with Crippen molar-refractivity contribution < 1.29 is 0 Å². The lowest BCUT2D eigenvalue weighted by molar-refractivity contribution is 1.23. The average Bonchev–Trinajstić information content (AvgIpc) is 1.89. The van der Waals surface area contributed by atoms with Gasteiger partial charge in [-0.25, -0.2) is 0 Å². The van der Waals surface area contributed by atoms with E-state index in [1.165, 1.54) is 0 Å². The van der Waals surface area contributed by atoms with E-state index in [-0.39, 0.29) is 5.56 Å². The Kier molecular flexibility index (Phi) is 1.53. The number of aromatic nitrogens is 1. The van der Waals surface area contributed by atoms with Gasteiger partial charge < -0.3 is 10.3 Å². The summed E-state index contributed by atoms with van der Waals surface area (Å²) in [4.78, 5) is 13.3. The lowest BCUT2D eigenvalue weighted by Gasteiger charge is -1.93. The number of hydrogen-bond acceptors (Lipinski definition) is 2. The summed E-state index contributed by atoms with van der Waals surface area (Å²) in [5.41, 5.74) is 0.512. The van der Waals surface area contributed by atoms with Crippen molar-refractivity contribution in [2.45, 2.75) is 0 Å². The highest BCUT2D eigenvalue weighted by Crippen LogP contribution is 1.91. The predicted molar refractivity (Wildman–Crippen MR) is 36.6 cm³/mol. The molecule has 1 heterocycles. The van der Waals surface area contributed by atoms with Crippen LogP contribution in [0.2, 0.25) is 0 Å². The third-order valence-corrected chi connectivity index (χ3v) is 1.09. The molecule has 0 radical (unpaired) electrons. The molecule has 0 amide bonds. The van der Waals surface area contributed by atoms with E-state index in [9.17, 15) is 4.79 Å². The molecular formula is C6H8N2O. The minimum absolute atomic E-state index is 0.0833. The number of hydrogen-bond donors (Lipinski definition) is 2. The first-order valence-corrected chi connectivity index (χ1v) is 2.70. The van der Waals surface area contributed by atoms with Crippen molar-refractivity contribution in [3.05, 3.63) is 28.7 Å². The summed E-state index contributed by atoms with van der Waals surface area (Å²) in [6.07, 6.45) is 1.60. The Balaban J connectivity index is 3.16. The number of rotatable bonds is 1. The van der Waals surface area contributed by atoms with Crippen molar-refractivity contribution in [2.24, 2.45) is 0 Å². The van der Waals surface area contributed by atoms with Gasteiger partial charge in [-0.3, -0.25) is 4.79 Å². The minimum atomic E-state index is -0.0833. The second-order valence-corrected chi connectivity index (χ2v) is 1.66. The molecule has 3 nitrogen and oxygen atoms in total. The summed E-state index contributed by atoms with van der Waals surface area (Å²) in [6, 6.07) is 3.49. The van der Waals surface area contributed by atoms with Crippen LogP contribution in [-0.2, 0) is 0 Å². The molecule has 0 aliphatic carbocycles. The van der Waals surface area contributed by atoms with Crippen molar-refractivity contribution in [3.8, 4) is 0 Å². The van der Waals surface area contributed by atoms with E-state index in [0.29, 0.717) is 5.69 Å². The summed E-state index contributed by atoms with van der Waals surface area (Å²) in [5, 5.41) is 2.75. The highest BCUT2D eigenvalue weighted by molar-refractivity contribution is 5.38. The molecule has 1 aromatic rings. The highest BCUT2D eigenvalue weighted by Gasteiger charge is 1.89. The lowest BCUT2D eigenvalue weighted by atomic mass is 10.4. The first-order chi connectivity index (χ1) is 4.34. The molecule has 0 spiro atoms. The fourth-order valence-corrected chi connectivity index (χ4v) is 0.618. The molecule has 0 bridgehead atoms. The zero-order valence-electron chi connectivity index (χ0n) is 5.14. The van der Waals surface area contributed by atoms with E-state index in [4.69, 9.17) is 0 Å². The van der Waals surface area contributed by atoms with Crippen molar-refractivity contribution in [3.63, 3.8) is 0 Å². The third kappa shape index (κ3) is 1.10. The lowest BCUT2D eigenvalue weighted by Crippen LogP contribution is -2.09. The predicted octanol–water partition coefficient (Wildman–Crippen LogP) is 0.417. The molecule has 0 atom stereocenters. The van der Waals surface area contributed by atoms with E-state index in [1.54, 1.807) is 25.4 Å². The van der Waals surface area contributed by atoms with Crippen LogP contribution in [0.3, 0.4) is 0 Å². The third-order valence-electron chi connectivity index (χ3n) is 1.09. The van der Waals surface area contributed by atoms with Crippen molar-refractivity contribution in [2.75, 3.05) is 12.4 Å². The SMILES string of the molecule is CNc1ccc[nH]c1=O. The average molecular weight is 124 g/mol. The summed E-state index contributed by atoms with van der Waals surface area (Å²) in [7, 11) is 1.71. The van der Waals surface area contributed by atoms with Crippen LogP contribution in [0, 0.1) is 0 Å². The molecule has 0 unspecified atom stereocenters. The molecule has 0 fully saturated rings. The fourth-order valence-electron chi connectivity index (χ4n) is 0.618. The smallest absolute Gasteiger partial charge is 0.271 e. The molecule has 9 heavy (non-hydrogen) atoms. The Bertz CT molecular complexity index is 241. The minimum Gasteiger partial charge on any atom is -0.384 e. The Morgan fingerprint density at radius 2 is 2.44 bits per heavy atom. The molecule has 48 valence electrons. The van der Waals surface area contributed by atoms with Crippen molar-refractivity contribution in [1.29, 1.82) is 0 Å². The molecule has 2 N–H and O–H groups in total. The quantitative estimate of drug-likeness (QED) is 0.569. The van der Waals surface area contributed by atoms with E-state index in [0.717, 1.165) is 0 Å². The molecule has 0 aliphatic rings. The topological polar surface area (TPSA) is 44.9 Å². The first kappa shape index (κ1) is 5.88. The van der Waals surface area contributed by atoms with Crippen LogP contribution >= 0.6 is 0 Å². The van der Waals surface area contributed by atoms with Crippen LogP contribution in [0.15, 0.2) is 23.1 Å². The van der Waals surface area contributed by atoms with Crippen molar-refractivity contribution in [1.82, 2.24) is 4.98 Å². The number of aromatic amines is 1. The summed E-state index contributed by atoms with van der Waals surface area (Å²) < 4.78 is 0. The van der Waals surface area contributed by atoms with Gasteiger partial charge in [-0.1, -0.05) is 0 Å². The van der Waals surface area contributed by atoms with Gasteiger partial charge in [0.2, 0.25) is 0 Å². The van der Waals surface area contributed by atoms with Gasteiger partial charge in [0.1, 0.15) is 5.69 Å². The van der Waals surface area contributed by atoms with Gasteiger partial charge in [-0.05, 0) is 12.1 Å². The largest absolute Gasteiger partial charge is 0.384 e. The standard InChI is InChI=1S/C6H8N2O/c1-7-5-3-2-4-8-6(5)9/h2-4,7H,1H3,(H,8,9). The van der Waals surface area contributed by atoms with Crippen LogP contribution in [0.25, 0.3) is 0 Å². The number of nitrogens with one attached hydrogen (secondary N) is 2. The van der Waals surface area contributed by atoms with Gasteiger partial charge >= 0.3 is 0 Å². The van der Waals surface area contributed by atoms with Gasteiger partial charge in [0.05, 0.1) is 0 Å². The fraction of sp³-hybridized carbons (Fsp3) is 0.167. The van der Waals surface area contributed by atoms with E-state index in [1.807, 2.05) is 0 Å². The Morgan fingerprint density at radius 1 is 1.67 bits per heavy atom. The number of anilines is 1. The molecule has 1 aromatic heterocycles.